The third-order valence-electron chi connectivity index (χ3n) is 3.39. The topological polar surface area (TPSA) is 51.7 Å². The van der Waals surface area contributed by atoms with Crippen molar-refractivity contribution >= 4 is 5.91 Å². The van der Waals surface area contributed by atoms with E-state index in [2.05, 4.69) is 4.98 Å². The fraction of sp³-hybridized carbons (Fsp3) is 0.333. The minimum absolute atomic E-state index is 0.0667. The second kappa shape index (κ2) is 8.90. The average Bonchev–Trinajstić information content (AvgIpc) is 2.60. The largest absolute Gasteiger partial charge is 0.493 e. The summed E-state index contributed by atoms with van der Waals surface area (Å²) in [7, 11) is 1.63. The number of rotatable bonds is 8. The summed E-state index contributed by atoms with van der Waals surface area (Å²) in [6.45, 7) is 3.92. The maximum Gasteiger partial charge on any atom is 0.257 e. The highest BCUT2D eigenvalue weighted by molar-refractivity contribution is 5.96. The molecule has 0 radical (unpaired) electrons. The Morgan fingerprint density at radius 1 is 1.17 bits per heavy atom. The molecule has 0 bridgehead atoms. The van der Waals surface area contributed by atoms with E-state index in [1.165, 1.54) is 0 Å². The van der Waals surface area contributed by atoms with Crippen LogP contribution in [0, 0.1) is 0 Å². The van der Waals surface area contributed by atoms with Gasteiger partial charge in [0.25, 0.3) is 5.91 Å². The number of nitrogens with zero attached hydrogens (tertiary/aromatic N) is 2. The van der Waals surface area contributed by atoms with Crippen LogP contribution in [0.5, 0.6) is 5.75 Å². The Balaban J connectivity index is 2.22. The molecule has 0 saturated heterocycles. The number of methoxy groups -OCH3 is 1. The smallest absolute Gasteiger partial charge is 0.257 e. The van der Waals surface area contributed by atoms with Gasteiger partial charge in [-0.25, -0.2) is 0 Å². The highest BCUT2D eigenvalue weighted by Crippen LogP contribution is 2.21. The summed E-state index contributed by atoms with van der Waals surface area (Å²) in [5, 5.41) is 0. The molecule has 122 valence electrons. The third kappa shape index (κ3) is 4.79. The Morgan fingerprint density at radius 3 is 2.61 bits per heavy atom. The number of benzene rings is 1. The van der Waals surface area contributed by atoms with Crippen molar-refractivity contribution in [2.45, 2.75) is 13.5 Å². The Morgan fingerprint density at radius 2 is 1.91 bits per heavy atom. The minimum Gasteiger partial charge on any atom is -0.493 e. The van der Waals surface area contributed by atoms with Crippen molar-refractivity contribution in [2.24, 2.45) is 0 Å². The maximum absolute atomic E-state index is 12.9. The number of hydrogen-bond acceptors (Lipinski definition) is 4. The number of aromatic nitrogens is 1. The Kier molecular flexibility index (Phi) is 6.56. The van der Waals surface area contributed by atoms with Gasteiger partial charge in [0, 0.05) is 32.6 Å². The Hall–Kier alpha value is -2.40. The lowest BCUT2D eigenvalue weighted by Gasteiger charge is -2.23. The molecule has 1 amide bonds. The van der Waals surface area contributed by atoms with Crippen molar-refractivity contribution in [1.29, 1.82) is 0 Å². The highest BCUT2D eigenvalue weighted by Gasteiger charge is 2.19. The van der Waals surface area contributed by atoms with E-state index in [0.717, 1.165) is 5.56 Å². The average molecular weight is 314 g/mol. The lowest BCUT2D eigenvalue weighted by Crippen LogP contribution is -2.33. The van der Waals surface area contributed by atoms with Gasteiger partial charge in [0.05, 0.1) is 18.8 Å². The molecule has 1 aromatic carbocycles. The first-order valence-corrected chi connectivity index (χ1v) is 7.65. The van der Waals surface area contributed by atoms with E-state index >= 15 is 0 Å². The molecule has 0 aliphatic heterocycles. The molecule has 0 aliphatic carbocycles. The van der Waals surface area contributed by atoms with E-state index in [4.69, 9.17) is 9.47 Å². The van der Waals surface area contributed by atoms with Crippen LogP contribution in [0.4, 0.5) is 0 Å². The minimum atomic E-state index is -0.0667. The van der Waals surface area contributed by atoms with Gasteiger partial charge >= 0.3 is 0 Å². The molecule has 0 spiro atoms. The van der Waals surface area contributed by atoms with Crippen molar-refractivity contribution in [3.05, 3.63) is 59.9 Å². The van der Waals surface area contributed by atoms with Crippen LogP contribution in [0.3, 0.4) is 0 Å². The van der Waals surface area contributed by atoms with E-state index in [1.807, 2.05) is 37.3 Å². The van der Waals surface area contributed by atoms with Crippen LogP contribution >= 0.6 is 0 Å². The number of para-hydroxylation sites is 1. The third-order valence-corrected chi connectivity index (χ3v) is 3.39. The van der Waals surface area contributed by atoms with Gasteiger partial charge in [-0.1, -0.05) is 12.1 Å². The molecule has 5 heteroatoms. The molecule has 2 rings (SSSR count). The first kappa shape index (κ1) is 17.0. The van der Waals surface area contributed by atoms with Crippen LogP contribution in [-0.4, -0.2) is 42.7 Å². The standard InChI is InChI=1S/C18H22N2O3/c1-3-23-17-7-5-4-6-16(17)18(21)20(12-13-22-2)14-15-8-10-19-11-9-15/h4-11H,3,12-14H2,1-2H3. The van der Waals surface area contributed by atoms with E-state index < -0.39 is 0 Å². The molecule has 23 heavy (non-hydrogen) atoms. The monoisotopic (exact) mass is 314 g/mol. The first-order chi connectivity index (χ1) is 11.3. The first-order valence-electron chi connectivity index (χ1n) is 7.65. The van der Waals surface area contributed by atoms with Gasteiger partial charge in [0.2, 0.25) is 0 Å². The number of ether oxygens (including phenoxy) is 2. The van der Waals surface area contributed by atoms with Crippen molar-refractivity contribution in [3.8, 4) is 5.75 Å². The molecular weight excluding hydrogens is 292 g/mol. The Bertz CT molecular complexity index is 617. The van der Waals surface area contributed by atoms with Gasteiger partial charge in [0.1, 0.15) is 5.75 Å². The molecule has 0 N–H and O–H groups in total. The van der Waals surface area contributed by atoms with Gasteiger partial charge in [-0.3, -0.25) is 9.78 Å². The second-order valence-corrected chi connectivity index (χ2v) is 5.00. The van der Waals surface area contributed by atoms with Crippen LogP contribution in [0.25, 0.3) is 0 Å². The van der Waals surface area contributed by atoms with E-state index in [0.29, 0.717) is 37.6 Å². The predicted octanol–water partition coefficient (Wildman–Crippen LogP) is 2.77. The number of hydrogen-bond donors (Lipinski definition) is 0. The Labute approximate surface area is 136 Å². The molecule has 2 aromatic rings. The number of carbonyl (C=O) groups is 1. The molecular formula is C18H22N2O3. The van der Waals surface area contributed by atoms with Crippen molar-refractivity contribution in [3.63, 3.8) is 0 Å². The van der Waals surface area contributed by atoms with Crippen molar-refractivity contribution in [2.75, 3.05) is 26.9 Å². The van der Waals surface area contributed by atoms with E-state index in [1.54, 1.807) is 30.5 Å². The zero-order valence-electron chi connectivity index (χ0n) is 13.6. The van der Waals surface area contributed by atoms with Crippen molar-refractivity contribution < 1.29 is 14.3 Å². The summed E-state index contributed by atoms with van der Waals surface area (Å²) in [6.07, 6.45) is 3.45. The summed E-state index contributed by atoms with van der Waals surface area (Å²) in [5.41, 5.74) is 1.60. The molecule has 0 unspecified atom stereocenters. The van der Waals surface area contributed by atoms with Gasteiger partial charge in [-0.2, -0.15) is 0 Å². The molecule has 5 nitrogen and oxygen atoms in total. The second-order valence-electron chi connectivity index (χ2n) is 5.00. The van der Waals surface area contributed by atoms with Crippen molar-refractivity contribution in [1.82, 2.24) is 9.88 Å². The fourth-order valence-corrected chi connectivity index (χ4v) is 2.26. The van der Waals surface area contributed by atoms with Crippen LogP contribution < -0.4 is 4.74 Å². The molecule has 0 saturated carbocycles. The summed E-state index contributed by atoms with van der Waals surface area (Å²) >= 11 is 0. The summed E-state index contributed by atoms with van der Waals surface area (Å²) in [4.78, 5) is 18.7. The quantitative estimate of drug-likeness (QED) is 0.752. The van der Waals surface area contributed by atoms with Crippen LogP contribution in [0.15, 0.2) is 48.8 Å². The summed E-state index contributed by atoms with van der Waals surface area (Å²) in [5.74, 6) is 0.542. The van der Waals surface area contributed by atoms with Gasteiger partial charge in [0.15, 0.2) is 0 Å². The maximum atomic E-state index is 12.9. The molecule has 0 aliphatic rings. The lowest BCUT2D eigenvalue weighted by molar-refractivity contribution is 0.0676. The van der Waals surface area contributed by atoms with Crippen LogP contribution in [-0.2, 0) is 11.3 Å². The van der Waals surface area contributed by atoms with Gasteiger partial charge < -0.3 is 14.4 Å². The van der Waals surface area contributed by atoms with Gasteiger partial charge in [-0.15, -0.1) is 0 Å². The fourth-order valence-electron chi connectivity index (χ4n) is 2.26. The van der Waals surface area contributed by atoms with E-state index in [-0.39, 0.29) is 5.91 Å². The highest BCUT2D eigenvalue weighted by atomic mass is 16.5. The lowest BCUT2D eigenvalue weighted by atomic mass is 10.1. The predicted molar refractivity (Wildman–Crippen MR) is 88.5 cm³/mol. The molecule has 1 aromatic heterocycles. The summed E-state index contributed by atoms with van der Waals surface area (Å²) < 4.78 is 10.7. The van der Waals surface area contributed by atoms with Crippen LogP contribution in [0.2, 0.25) is 0 Å². The number of amides is 1. The number of carbonyl (C=O) groups excluding carboxylic acids is 1. The zero-order chi connectivity index (χ0) is 16.5. The van der Waals surface area contributed by atoms with Crippen LogP contribution in [0.1, 0.15) is 22.8 Å². The van der Waals surface area contributed by atoms with E-state index in [9.17, 15) is 4.79 Å². The summed E-state index contributed by atoms with van der Waals surface area (Å²) in [6, 6.07) is 11.1. The molecule has 0 fully saturated rings. The zero-order valence-corrected chi connectivity index (χ0v) is 13.6. The SMILES string of the molecule is CCOc1ccccc1C(=O)N(CCOC)Cc1ccncc1. The molecule has 0 atom stereocenters. The van der Waals surface area contributed by atoms with Gasteiger partial charge in [-0.05, 0) is 36.8 Å². The number of pyridine rings is 1. The molecule has 1 heterocycles. The normalized spacial score (nSPS) is 10.3.